The molecule has 5 nitrogen and oxygen atoms in total. The Balaban J connectivity index is 1.67. The maximum Gasteiger partial charge on any atom is 0.214 e. The molecule has 1 aliphatic rings. The quantitative estimate of drug-likeness (QED) is 0.811. The first-order valence-corrected chi connectivity index (χ1v) is 11.0. The second kappa shape index (κ2) is 7.78. The number of hydrogen-bond donors (Lipinski definition) is 1. The van der Waals surface area contributed by atoms with E-state index in [2.05, 4.69) is 10.8 Å². The topological polar surface area (TPSA) is 79.2 Å². The highest BCUT2D eigenvalue weighted by molar-refractivity contribution is 7.90. The molecule has 2 atom stereocenters. The molecule has 26 heavy (non-hydrogen) atoms. The summed E-state index contributed by atoms with van der Waals surface area (Å²) in [4.78, 5) is 1.73. The Morgan fingerprint density at radius 3 is 2.54 bits per heavy atom. The van der Waals surface area contributed by atoms with Crippen LogP contribution in [0.2, 0.25) is 0 Å². The van der Waals surface area contributed by atoms with Crippen LogP contribution in [0.4, 0.5) is 0 Å². The predicted molar refractivity (Wildman–Crippen MR) is 104 cm³/mol. The lowest BCUT2D eigenvalue weighted by atomic mass is 10.2. The van der Waals surface area contributed by atoms with Crippen molar-refractivity contribution in [2.45, 2.75) is 50.5 Å². The second-order valence-electron chi connectivity index (χ2n) is 6.71. The van der Waals surface area contributed by atoms with Crippen molar-refractivity contribution in [2.75, 3.05) is 0 Å². The average Bonchev–Trinajstić information content (AvgIpc) is 3.25. The lowest BCUT2D eigenvalue weighted by Gasteiger charge is -2.23. The van der Waals surface area contributed by atoms with Gasteiger partial charge in [-0.2, -0.15) is 5.26 Å². The summed E-state index contributed by atoms with van der Waals surface area (Å²) in [5.41, 5.74) is 1.03. The van der Waals surface area contributed by atoms with E-state index in [4.69, 9.17) is 10.00 Å². The molecule has 1 saturated carbocycles. The van der Waals surface area contributed by atoms with Gasteiger partial charge >= 0.3 is 0 Å². The molecule has 0 bridgehead atoms. The van der Waals surface area contributed by atoms with E-state index in [-0.39, 0.29) is 12.1 Å². The highest BCUT2D eigenvalue weighted by Crippen LogP contribution is 2.31. The molecular formula is C19H22N2O3S2. The molecule has 7 heteroatoms. The first-order valence-electron chi connectivity index (χ1n) is 8.67. The highest BCUT2D eigenvalue weighted by Gasteiger charge is 2.33. The van der Waals surface area contributed by atoms with Crippen LogP contribution in [-0.2, 0) is 10.0 Å². The molecule has 0 spiro atoms. The number of sulfonamides is 1. The van der Waals surface area contributed by atoms with Crippen LogP contribution in [0.1, 0.15) is 38.0 Å². The average molecular weight is 391 g/mol. The van der Waals surface area contributed by atoms with Crippen molar-refractivity contribution in [3.63, 3.8) is 0 Å². The van der Waals surface area contributed by atoms with Gasteiger partial charge in [0.25, 0.3) is 0 Å². The number of nitrogens with zero attached hydrogens (tertiary/aromatic N) is 1. The molecule has 0 amide bonds. The summed E-state index contributed by atoms with van der Waals surface area (Å²) < 4.78 is 33.1. The smallest absolute Gasteiger partial charge is 0.214 e. The second-order valence-corrected chi connectivity index (χ2v) is 10.1. The van der Waals surface area contributed by atoms with E-state index in [1.807, 2.05) is 36.4 Å². The predicted octanol–water partition coefficient (Wildman–Crippen LogP) is 3.91. The molecule has 1 fully saturated rings. The number of ether oxygens (including phenoxy) is 1. The Hall–Kier alpha value is -1.88. The largest absolute Gasteiger partial charge is 0.489 e. The zero-order valence-electron chi connectivity index (χ0n) is 14.8. The van der Waals surface area contributed by atoms with Crippen LogP contribution in [-0.4, -0.2) is 25.8 Å². The van der Waals surface area contributed by atoms with E-state index >= 15 is 0 Å². The number of nitriles is 1. The van der Waals surface area contributed by atoms with Gasteiger partial charge in [0, 0.05) is 4.88 Å². The third-order valence-corrected chi connectivity index (χ3v) is 7.44. The SMILES string of the molecule is CC(C)S(=O)(=O)N[C@H]1CCC[C@H]1Oc1ccc(-c2ccc(C#N)s2)cc1. The minimum Gasteiger partial charge on any atom is -0.489 e. The number of rotatable bonds is 6. The minimum atomic E-state index is -3.30. The van der Waals surface area contributed by atoms with Crippen molar-refractivity contribution in [1.29, 1.82) is 5.26 Å². The summed E-state index contributed by atoms with van der Waals surface area (Å²) in [7, 11) is -3.30. The van der Waals surface area contributed by atoms with Crippen LogP contribution in [0.25, 0.3) is 10.4 Å². The number of hydrogen-bond acceptors (Lipinski definition) is 5. The van der Waals surface area contributed by atoms with E-state index in [1.54, 1.807) is 13.8 Å². The van der Waals surface area contributed by atoms with Crippen molar-refractivity contribution >= 4 is 21.4 Å². The standard InChI is InChI=1S/C19H22N2O3S2/c1-13(2)26(22,23)21-17-4-3-5-18(17)24-15-8-6-14(7-9-15)19-11-10-16(12-20)25-19/h6-11,13,17-18,21H,3-5H2,1-2H3/t17-,18+/m0/s1. The van der Waals surface area contributed by atoms with Gasteiger partial charge in [-0.15, -0.1) is 11.3 Å². The van der Waals surface area contributed by atoms with Gasteiger partial charge in [-0.1, -0.05) is 0 Å². The Kier molecular flexibility index (Phi) is 5.66. The molecule has 0 saturated heterocycles. The molecule has 3 rings (SSSR count). The summed E-state index contributed by atoms with van der Waals surface area (Å²) in [5, 5.41) is 8.48. The van der Waals surface area contributed by atoms with Gasteiger partial charge in [-0.25, -0.2) is 13.1 Å². The summed E-state index contributed by atoms with van der Waals surface area (Å²) in [6.07, 6.45) is 2.42. The fourth-order valence-electron chi connectivity index (χ4n) is 2.97. The molecule has 138 valence electrons. The van der Waals surface area contributed by atoms with Gasteiger partial charge in [0.05, 0.1) is 11.3 Å². The molecule has 0 aliphatic heterocycles. The van der Waals surface area contributed by atoms with Gasteiger partial charge in [0.1, 0.15) is 22.8 Å². The summed E-state index contributed by atoms with van der Waals surface area (Å²) in [6, 6.07) is 13.4. The fraction of sp³-hybridized carbons (Fsp3) is 0.421. The van der Waals surface area contributed by atoms with Gasteiger partial charge in [0.2, 0.25) is 10.0 Å². The van der Waals surface area contributed by atoms with Gasteiger partial charge in [0.15, 0.2) is 0 Å². The monoisotopic (exact) mass is 390 g/mol. The van der Waals surface area contributed by atoms with Crippen molar-refractivity contribution in [2.24, 2.45) is 0 Å². The van der Waals surface area contributed by atoms with E-state index in [0.29, 0.717) is 4.88 Å². The maximum absolute atomic E-state index is 12.1. The van der Waals surface area contributed by atoms with Crippen molar-refractivity contribution in [1.82, 2.24) is 4.72 Å². The number of nitrogens with one attached hydrogen (secondary N) is 1. The highest BCUT2D eigenvalue weighted by atomic mass is 32.2. The van der Waals surface area contributed by atoms with Crippen LogP contribution in [0.15, 0.2) is 36.4 Å². The normalized spacial score (nSPS) is 20.2. The number of thiophene rings is 1. The molecule has 0 unspecified atom stereocenters. The van der Waals surface area contributed by atoms with Crippen LogP contribution in [0.5, 0.6) is 5.75 Å². The van der Waals surface area contributed by atoms with Crippen molar-refractivity contribution in [3.05, 3.63) is 41.3 Å². The molecule has 1 aromatic heterocycles. The zero-order chi connectivity index (χ0) is 18.7. The molecule has 2 aromatic rings. The van der Waals surface area contributed by atoms with Gasteiger partial charge in [-0.05, 0) is 75.1 Å². The van der Waals surface area contributed by atoms with Crippen LogP contribution >= 0.6 is 11.3 Å². The third kappa shape index (κ3) is 4.26. The van der Waals surface area contributed by atoms with Crippen LogP contribution in [0, 0.1) is 11.3 Å². The first-order chi connectivity index (χ1) is 12.4. The minimum absolute atomic E-state index is 0.152. The van der Waals surface area contributed by atoms with Crippen molar-refractivity contribution in [3.8, 4) is 22.3 Å². The summed E-state index contributed by atoms with van der Waals surface area (Å²) in [5.74, 6) is 0.728. The van der Waals surface area contributed by atoms with E-state index < -0.39 is 15.3 Å². The van der Waals surface area contributed by atoms with E-state index in [0.717, 1.165) is 35.5 Å². The molecule has 1 heterocycles. The third-order valence-electron chi connectivity index (χ3n) is 4.53. The molecule has 1 aromatic carbocycles. The lowest BCUT2D eigenvalue weighted by molar-refractivity contribution is 0.185. The molecule has 1 aliphatic carbocycles. The molecule has 1 N–H and O–H groups in total. The van der Waals surface area contributed by atoms with Gasteiger partial charge in [-0.3, -0.25) is 0 Å². The Bertz CT molecular complexity index is 896. The van der Waals surface area contributed by atoms with Crippen molar-refractivity contribution < 1.29 is 13.2 Å². The fourth-order valence-corrected chi connectivity index (χ4v) is 4.75. The Morgan fingerprint density at radius 1 is 1.19 bits per heavy atom. The van der Waals surface area contributed by atoms with Gasteiger partial charge < -0.3 is 4.74 Å². The molecular weight excluding hydrogens is 368 g/mol. The van der Waals surface area contributed by atoms with E-state index in [1.165, 1.54) is 11.3 Å². The van der Waals surface area contributed by atoms with Crippen LogP contribution in [0.3, 0.4) is 0 Å². The lowest BCUT2D eigenvalue weighted by Crippen LogP contribution is -2.44. The van der Waals surface area contributed by atoms with Crippen LogP contribution < -0.4 is 9.46 Å². The Morgan fingerprint density at radius 2 is 1.92 bits per heavy atom. The zero-order valence-corrected chi connectivity index (χ0v) is 16.4. The Labute approximate surface area is 158 Å². The van der Waals surface area contributed by atoms with E-state index in [9.17, 15) is 8.42 Å². The first kappa shape index (κ1) is 18.9. The molecule has 0 radical (unpaired) electrons. The number of benzene rings is 1. The maximum atomic E-state index is 12.1. The summed E-state index contributed by atoms with van der Waals surface area (Å²) in [6.45, 7) is 3.35. The summed E-state index contributed by atoms with van der Waals surface area (Å²) >= 11 is 1.46.